The van der Waals surface area contributed by atoms with Crippen LogP contribution in [0.5, 0.6) is 0 Å². The maximum atomic E-state index is 3.64. The highest BCUT2D eigenvalue weighted by molar-refractivity contribution is 8.03. The van der Waals surface area contributed by atoms with Crippen molar-refractivity contribution in [2.24, 2.45) is 0 Å². The van der Waals surface area contributed by atoms with E-state index in [1.165, 1.54) is 12.3 Å². The van der Waals surface area contributed by atoms with Gasteiger partial charge in [0.25, 0.3) is 0 Å². The first-order chi connectivity index (χ1) is 2.21. The molecule has 1 heterocycles. The van der Waals surface area contributed by atoms with Crippen LogP contribution in [-0.2, 0) is 0 Å². The average Bonchev–Trinajstić information content (AvgIpc) is 1.76. The van der Waals surface area contributed by atoms with E-state index in [1.54, 1.807) is 0 Å². The lowest BCUT2D eigenvalue weighted by molar-refractivity contribution is 1.75. The minimum atomic E-state index is -0.333. The van der Waals surface area contributed by atoms with E-state index in [4.69, 9.17) is 0 Å². The Labute approximate surface area is 35.0 Å². The van der Waals surface area contributed by atoms with Gasteiger partial charge in [0.05, 0.1) is 0 Å². The quantitative estimate of drug-likeness (QED) is 0.412. The molecule has 0 amide bonds. The predicted molar refractivity (Wildman–Crippen MR) is 30.9 cm³/mol. The zero-order valence-electron chi connectivity index (χ0n) is 3.36. The van der Waals surface area contributed by atoms with Crippen LogP contribution in [0.15, 0.2) is 0 Å². The second-order valence-electron chi connectivity index (χ2n) is 1.84. The van der Waals surface area contributed by atoms with Crippen molar-refractivity contribution in [3.05, 3.63) is 0 Å². The molecule has 1 aliphatic heterocycles. The summed E-state index contributed by atoms with van der Waals surface area (Å²) in [5.74, 6) is 0. The molecule has 0 atom stereocenters. The van der Waals surface area contributed by atoms with Crippen LogP contribution in [-0.4, -0.2) is 19.0 Å². The molecule has 30 valence electrons. The van der Waals surface area contributed by atoms with E-state index in [1.807, 2.05) is 0 Å². The maximum Gasteiger partial charge on any atom is -0.0253 e. The highest BCUT2D eigenvalue weighted by Crippen LogP contribution is 2.61. The van der Waals surface area contributed by atoms with Gasteiger partial charge in [-0.1, -0.05) is 6.55 Å². The van der Waals surface area contributed by atoms with Crippen molar-refractivity contribution in [2.75, 3.05) is 19.0 Å². The Bertz CT molecular complexity index is 76.9. The molecule has 0 radical (unpaired) electrons. The summed E-state index contributed by atoms with van der Waals surface area (Å²) < 4.78 is 0. The summed E-state index contributed by atoms with van der Waals surface area (Å²) in [5.41, 5.74) is 0. The molecule has 5 heavy (non-hydrogen) atoms. The monoisotopic (exact) mass is 106 g/mol. The van der Waals surface area contributed by atoms with Gasteiger partial charge in [-0.05, 0) is 19.0 Å². The number of hydrogen-bond donors (Lipinski definition) is 0. The van der Waals surface area contributed by atoms with E-state index < -0.39 is 0 Å². The van der Waals surface area contributed by atoms with Crippen LogP contribution in [0.1, 0.15) is 0 Å². The Balaban J connectivity index is 2.72. The molecule has 0 N–H and O–H groups in total. The lowest BCUT2D eigenvalue weighted by atomic mass is 11.0. The summed E-state index contributed by atoms with van der Waals surface area (Å²) in [5, 5.41) is 0. The third-order valence-corrected chi connectivity index (χ3v) is 4.02. The van der Waals surface area contributed by atoms with Crippen LogP contribution in [0.25, 0.3) is 0 Å². The highest BCUT2D eigenvalue weighted by Gasteiger charge is 2.20. The van der Waals surface area contributed by atoms with Gasteiger partial charge in [0, 0.05) is 0 Å². The highest BCUT2D eigenvalue weighted by atomic mass is 31.8. The van der Waals surface area contributed by atoms with Crippen molar-refractivity contribution < 1.29 is 0 Å². The molecule has 0 saturated carbocycles. The molecule has 0 aromatic rings. The van der Waals surface area contributed by atoms with Gasteiger partial charge >= 0.3 is 0 Å². The first-order valence-corrected chi connectivity index (χ1v) is 5.75. The Morgan fingerprint density at radius 3 is 1.80 bits per heavy atom. The van der Waals surface area contributed by atoms with Gasteiger partial charge in [0.15, 0.2) is 0 Å². The van der Waals surface area contributed by atoms with Gasteiger partial charge in [0.1, 0.15) is 0 Å². The zero-order chi connectivity index (χ0) is 3.91. The third-order valence-electron chi connectivity index (χ3n) is 0.894. The Hall–Kier alpha value is 0.730. The molecule has 0 unspecified atom stereocenters. The first-order valence-electron chi connectivity index (χ1n) is 1.80. The summed E-state index contributed by atoms with van der Waals surface area (Å²) in [7, 11) is 3.64. The summed E-state index contributed by atoms with van der Waals surface area (Å²) in [6.07, 6.45) is 2.95. The molecule has 1 aliphatic rings. The minimum absolute atomic E-state index is 0.333. The molecule has 0 bridgehead atoms. The van der Waals surface area contributed by atoms with E-state index in [0.717, 1.165) is 0 Å². The van der Waals surface area contributed by atoms with Crippen LogP contribution >= 0.6 is 15.1 Å². The first kappa shape index (κ1) is 3.90. The molecule has 0 nitrogen and oxygen atoms in total. The minimum Gasteiger partial charge on any atom is -0.126 e. The zero-order valence-corrected chi connectivity index (χ0v) is 5.26. The molecule has 1 saturated heterocycles. The second-order valence-corrected chi connectivity index (χ2v) is 8.77. The summed E-state index contributed by atoms with van der Waals surface area (Å²) in [4.78, 5) is 0. The lowest BCUT2D eigenvalue weighted by Crippen LogP contribution is -1.27. The van der Waals surface area contributed by atoms with Crippen LogP contribution in [0, 0.1) is 0 Å². The molecule has 0 aliphatic carbocycles. The molecule has 1 fully saturated rings. The van der Waals surface area contributed by atoms with Gasteiger partial charge in [-0.25, -0.2) is 0 Å². The Morgan fingerprint density at radius 2 is 1.80 bits per heavy atom. The standard InChI is InChI=1S/C3H8P2/c1-5(4)2-3-5/h4H,2-3H2,1H3. The van der Waals surface area contributed by atoms with E-state index in [2.05, 4.69) is 15.2 Å². The lowest BCUT2D eigenvalue weighted by Gasteiger charge is -1.73. The van der Waals surface area contributed by atoms with Gasteiger partial charge in [-0.15, -0.1) is 8.53 Å². The van der Waals surface area contributed by atoms with Crippen molar-refractivity contribution in [3.8, 4) is 0 Å². The van der Waals surface area contributed by atoms with Crippen LogP contribution < -0.4 is 0 Å². The molecular formula is C3H8P2. The van der Waals surface area contributed by atoms with Crippen molar-refractivity contribution in [1.82, 2.24) is 0 Å². The molecule has 1 rings (SSSR count). The molecule has 2 heteroatoms. The fraction of sp³-hybridized carbons (Fsp3) is 1.00. The summed E-state index contributed by atoms with van der Waals surface area (Å²) in [6.45, 7) is 1.99. The third kappa shape index (κ3) is 1.07. The van der Waals surface area contributed by atoms with Crippen LogP contribution in [0.3, 0.4) is 0 Å². The smallest absolute Gasteiger partial charge is 0.0253 e. The van der Waals surface area contributed by atoms with E-state index in [9.17, 15) is 0 Å². The summed E-state index contributed by atoms with van der Waals surface area (Å²) >= 11 is 0. The normalized spacial score (nSPS) is 29.8. The fourth-order valence-corrected chi connectivity index (χ4v) is 2.25. The Morgan fingerprint density at radius 1 is 1.60 bits per heavy atom. The molecular weight excluding hydrogens is 98.0 g/mol. The van der Waals surface area contributed by atoms with Crippen LogP contribution in [0.2, 0.25) is 0 Å². The van der Waals surface area contributed by atoms with Crippen molar-refractivity contribution in [3.63, 3.8) is 0 Å². The average molecular weight is 106 g/mol. The van der Waals surface area contributed by atoms with Crippen molar-refractivity contribution in [2.45, 2.75) is 0 Å². The van der Waals surface area contributed by atoms with E-state index in [0.29, 0.717) is 0 Å². The molecule has 0 aromatic carbocycles. The second kappa shape index (κ2) is 0.863. The van der Waals surface area contributed by atoms with E-state index >= 15 is 0 Å². The number of hydrogen-bond acceptors (Lipinski definition) is 0. The van der Waals surface area contributed by atoms with Gasteiger partial charge < -0.3 is 0 Å². The van der Waals surface area contributed by atoms with Gasteiger partial charge in [-0.2, -0.15) is 0 Å². The topological polar surface area (TPSA) is 0 Å². The van der Waals surface area contributed by atoms with Crippen molar-refractivity contribution in [1.29, 1.82) is 0 Å². The molecule has 0 spiro atoms. The van der Waals surface area contributed by atoms with Crippen molar-refractivity contribution >= 4 is 15.1 Å². The SMILES string of the molecule is CP1(=P)CC1. The predicted octanol–water partition coefficient (Wildman–Crippen LogP) is 1.71. The summed E-state index contributed by atoms with van der Waals surface area (Å²) in [6, 6.07) is 0. The molecule has 0 aromatic heterocycles. The fourth-order valence-electron chi connectivity index (χ4n) is 0.150. The largest absolute Gasteiger partial charge is 0.126 e. The van der Waals surface area contributed by atoms with Crippen LogP contribution in [0.4, 0.5) is 0 Å². The van der Waals surface area contributed by atoms with Gasteiger partial charge in [0.2, 0.25) is 0 Å². The number of rotatable bonds is 0. The Kier molecular flexibility index (Phi) is 0.674. The maximum absolute atomic E-state index is 3.64. The van der Waals surface area contributed by atoms with Gasteiger partial charge in [-0.3, -0.25) is 0 Å². The van der Waals surface area contributed by atoms with E-state index in [-0.39, 0.29) is 6.55 Å².